The van der Waals surface area contributed by atoms with Gasteiger partial charge in [0, 0.05) is 47.0 Å². The molecule has 0 amide bonds. The second-order valence-electron chi connectivity index (χ2n) is 14.9. The minimum absolute atomic E-state index is 0.0241. The zero-order chi connectivity index (χ0) is 40.1. The van der Waals surface area contributed by atoms with E-state index in [0.29, 0.717) is 16.0 Å². The van der Waals surface area contributed by atoms with E-state index in [0.717, 1.165) is 36.6 Å². The molecule has 8 rings (SSSR count). The van der Waals surface area contributed by atoms with Gasteiger partial charge in [-0.1, -0.05) is 12.1 Å². The number of aliphatic hydroxyl groups is 1. The largest absolute Gasteiger partial charge is 0.385 e. The molecule has 0 bridgehead atoms. The lowest BCUT2D eigenvalue weighted by molar-refractivity contribution is -0.0878. The number of aliphatic hydroxyl groups excluding tert-OH is 1. The Morgan fingerprint density at radius 1 is 0.696 bits per heavy atom. The van der Waals surface area contributed by atoms with Crippen molar-refractivity contribution in [2.45, 2.75) is 96.5 Å². The van der Waals surface area contributed by atoms with Gasteiger partial charge in [-0.05, 0) is 93.7 Å². The fourth-order valence-electron chi connectivity index (χ4n) is 9.43. The van der Waals surface area contributed by atoms with E-state index in [1.54, 1.807) is 6.07 Å². The number of ether oxygens (including phenoxy) is 1. The van der Waals surface area contributed by atoms with Crippen LogP contribution in [0.25, 0.3) is 0 Å². The summed E-state index contributed by atoms with van der Waals surface area (Å²) in [6, 6.07) is 12.9. The number of nitrogens with zero attached hydrogens (tertiary/aromatic N) is 2. The van der Waals surface area contributed by atoms with Crippen LogP contribution in [0.4, 0.5) is 30.7 Å². The van der Waals surface area contributed by atoms with Gasteiger partial charge in [0.1, 0.15) is 54.6 Å². The highest BCUT2D eigenvalue weighted by Gasteiger charge is 2.48. The Morgan fingerprint density at radius 3 is 1.84 bits per heavy atom. The summed E-state index contributed by atoms with van der Waals surface area (Å²) in [5.41, 5.74) is 0.0279. The van der Waals surface area contributed by atoms with Gasteiger partial charge in [0.25, 0.3) is 0 Å². The molecule has 0 saturated carbocycles. The number of sulfone groups is 1. The van der Waals surface area contributed by atoms with Gasteiger partial charge in [0.05, 0.1) is 28.2 Å². The van der Waals surface area contributed by atoms with Crippen molar-refractivity contribution in [2.24, 2.45) is 0 Å². The quantitative estimate of drug-likeness (QED) is 0.154. The third kappa shape index (κ3) is 6.01. The Morgan fingerprint density at radius 2 is 1.23 bits per heavy atom. The Bertz CT molecular complexity index is 2520. The van der Waals surface area contributed by atoms with E-state index >= 15 is 22.0 Å². The maximum atomic E-state index is 16.8. The summed E-state index contributed by atoms with van der Waals surface area (Å²) in [6.07, 6.45) is -16.1. The number of halogens is 7. The lowest BCUT2D eigenvalue weighted by Gasteiger charge is -2.37. The van der Waals surface area contributed by atoms with Crippen LogP contribution < -0.4 is 0 Å². The van der Waals surface area contributed by atoms with Crippen molar-refractivity contribution in [3.8, 4) is 12.1 Å². The van der Waals surface area contributed by atoms with Crippen LogP contribution in [0, 0.1) is 34.3 Å². The maximum Gasteiger partial charge on any atom is 0.175 e. The molecule has 0 aromatic heterocycles. The fraction of sp³-hybridized carbons (Fsp3) is 0.366. The first-order valence-electron chi connectivity index (χ1n) is 17.7. The molecule has 4 aliphatic rings. The van der Waals surface area contributed by atoms with E-state index in [4.69, 9.17) is 4.74 Å². The number of hydrogen-bond acceptors (Lipinski definition) is 7. The molecular weight excluding hydrogens is 782 g/mol. The Labute approximate surface area is 322 Å². The van der Waals surface area contributed by atoms with Crippen molar-refractivity contribution in [1.29, 1.82) is 10.5 Å². The summed E-state index contributed by atoms with van der Waals surface area (Å²) >= 11 is 4.37. The highest BCUT2D eigenvalue weighted by Crippen LogP contribution is 2.55. The smallest absolute Gasteiger partial charge is 0.175 e. The van der Waals surface area contributed by atoms with Crippen LogP contribution in [0.1, 0.15) is 116 Å². The van der Waals surface area contributed by atoms with Crippen LogP contribution in [0.15, 0.2) is 58.3 Å². The molecule has 4 aromatic carbocycles. The van der Waals surface area contributed by atoms with Crippen molar-refractivity contribution in [1.82, 2.24) is 0 Å². The topological polar surface area (TPSA) is 111 Å². The molecule has 6 nitrogen and oxygen atoms in total. The molecule has 1 N–H and O–H groups in total. The van der Waals surface area contributed by atoms with Crippen molar-refractivity contribution >= 4 is 22.5 Å². The lowest BCUT2D eigenvalue weighted by atomic mass is 9.73. The summed E-state index contributed by atoms with van der Waals surface area (Å²) < 4.78 is 141. The minimum Gasteiger partial charge on any atom is -0.385 e. The highest BCUT2D eigenvalue weighted by molar-refractivity contribution is 7.90. The van der Waals surface area contributed by atoms with Crippen LogP contribution in [0.5, 0.6) is 0 Å². The number of fused-ring (bicyclic) bond motifs is 4. The number of alkyl halides is 5. The molecule has 0 aliphatic heterocycles. The van der Waals surface area contributed by atoms with Gasteiger partial charge in [0.2, 0.25) is 0 Å². The Kier molecular flexibility index (Phi) is 9.55. The van der Waals surface area contributed by atoms with Gasteiger partial charge >= 0.3 is 0 Å². The van der Waals surface area contributed by atoms with Crippen molar-refractivity contribution in [2.75, 3.05) is 6.26 Å². The zero-order valence-electron chi connectivity index (χ0n) is 29.3. The molecule has 0 fully saturated rings. The van der Waals surface area contributed by atoms with Crippen LogP contribution in [-0.4, -0.2) is 44.5 Å². The molecule has 56 heavy (non-hydrogen) atoms. The van der Waals surface area contributed by atoms with Gasteiger partial charge in [-0.15, -0.1) is 12.6 Å². The molecule has 0 heterocycles. The number of benzene rings is 4. The fourth-order valence-corrected chi connectivity index (χ4v) is 10.7. The average Bonchev–Trinajstić information content (AvgIpc) is 3.63. The van der Waals surface area contributed by atoms with Gasteiger partial charge in [-0.25, -0.2) is 39.2 Å². The monoisotopic (exact) mass is 812 g/mol. The lowest BCUT2D eigenvalue weighted by Crippen LogP contribution is -2.31. The van der Waals surface area contributed by atoms with Crippen molar-refractivity contribution in [3.63, 3.8) is 0 Å². The second kappa shape index (κ2) is 13.9. The highest BCUT2D eigenvalue weighted by atomic mass is 32.2. The van der Waals surface area contributed by atoms with E-state index < -0.39 is 107 Å². The van der Waals surface area contributed by atoms with E-state index in [1.807, 2.05) is 12.1 Å². The molecular formula is C41H31F7N2O4S2. The first kappa shape index (κ1) is 38.5. The summed E-state index contributed by atoms with van der Waals surface area (Å²) in [6.45, 7) is 0. The first-order chi connectivity index (χ1) is 26.5. The normalized spacial score (nSPS) is 29.1. The van der Waals surface area contributed by atoms with Gasteiger partial charge in [-0.3, -0.25) is 0 Å². The molecule has 0 saturated heterocycles. The van der Waals surface area contributed by atoms with Crippen LogP contribution in [0.2, 0.25) is 0 Å². The van der Waals surface area contributed by atoms with Gasteiger partial charge in [-0.2, -0.15) is 10.5 Å². The molecule has 10 atom stereocenters. The minimum atomic E-state index is -4.16. The zero-order valence-corrected chi connectivity index (χ0v) is 31.0. The molecule has 15 heteroatoms. The van der Waals surface area contributed by atoms with Crippen molar-refractivity contribution in [3.05, 3.63) is 127 Å². The van der Waals surface area contributed by atoms with Gasteiger partial charge in [0.15, 0.2) is 16.0 Å². The molecule has 0 spiro atoms. The van der Waals surface area contributed by atoms with Crippen molar-refractivity contribution < 1.29 is 49.0 Å². The van der Waals surface area contributed by atoms with E-state index in [9.17, 15) is 32.8 Å². The average molecular weight is 813 g/mol. The maximum absolute atomic E-state index is 16.8. The second-order valence-corrected chi connectivity index (χ2v) is 17.4. The molecule has 290 valence electrons. The SMILES string of the molecule is CS(=O)(=O)c1ccc([C@H]2C[C@H](F)[C@H](F)c3cc(F)cc(C#N)c32)c2c1[C@H](O[C@@H]1c3cc(F)cc(C#N)c3[C@@H](c3ccc(S)c4c3C[C@@H](F)[C@H]4O)C[C@@H]1F)[C@H](F)C2. The van der Waals surface area contributed by atoms with E-state index in [-0.39, 0.29) is 61.4 Å². The number of hydrogen-bond donors (Lipinski definition) is 2. The van der Waals surface area contributed by atoms with Crippen LogP contribution >= 0.6 is 12.6 Å². The summed E-state index contributed by atoms with van der Waals surface area (Å²) in [4.78, 5) is -0.0838. The summed E-state index contributed by atoms with van der Waals surface area (Å²) in [5, 5.41) is 30.6. The summed E-state index contributed by atoms with van der Waals surface area (Å²) in [7, 11) is -4.16. The standard InChI is InChI=1S/C41H31F7N2O4S2/c1-56(52,53)33-5-3-21(22-10-28(44)38(48)26-8-18(42)6-16(14-49)34(22)26)25-13-31(47)41(37(25)33)54-40-27-9-19(43)7-17(15-50)35(27)23(12-30(40)46)20-2-4-32(55)36-24(20)11-29(45)39(36)51/h2-9,22-23,28-31,38-41,51,55H,10-13H2,1H3/t22-,23-,28+,29-,30+,31-,38-,39-,40-,41-/m1/s1. The van der Waals surface area contributed by atoms with E-state index in [1.165, 1.54) is 12.1 Å². The molecule has 0 radical (unpaired) electrons. The molecule has 4 aromatic rings. The van der Waals surface area contributed by atoms with Crippen LogP contribution in [-0.2, 0) is 27.4 Å². The number of thiol groups is 1. The molecule has 0 unspecified atom stereocenters. The van der Waals surface area contributed by atoms with E-state index in [2.05, 4.69) is 12.6 Å². The molecule has 4 aliphatic carbocycles. The number of rotatable bonds is 5. The predicted molar refractivity (Wildman–Crippen MR) is 191 cm³/mol. The van der Waals surface area contributed by atoms with Crippen LogP contribution in [0.3, 0.4) is 0 Å². The Balaban J connectivity index is 1.27. The Hall–Kier alpha value is -4.41. The third-order valence-corrected chi connectivity index (χ3v) is 13.2. The number of nitriles is 2. The first-order valence-corrected chi connectivity index (χ1v) is 20.1. The van der Waals surface area contributed by atoms with Gasteiger partial charge < -0.3 is 9.84 Å². The predicted octanol–water partition coefficient (Wildman–Crippen LogP) is 8.78. The summed E-state index contributed by atoms with van der Waals surface area (Å²) in [5.74, 6) is -4.01. The third-order valence-electron chi connectivity index (χ3n) is 11.7.